The van der Waals surface area contributed by atoms with Crippen LogP contribution in [0.2, 0.25) is 0 Å². The van der Waals surface area contributed by atoms with Crippen molar-refractivity contribution in [2.75, 3.05) is 0 Å². The van der Waals surface area contributed by atoms with E-state index in [1.807, 2.05) is 68.4 Å². The Morgan fingerprint density at radius 3 is 2.52 bits per heavy atom. The Balaban J connectivity index is 1.52. The summed E-state index contributed by atoms with van der Waals surface area (Å²) in [5.74, 6) is 0.911. The molecule has 0 bridgehead atoms. The van der Waals surface area contributed by atoms with Crippen molar-refractivity contribution in [3.8, 4) is 11.5 Å². The number of hydrogen-bond donors (Lipinski definition) is 1. The maximum Gasteiger partial charge on any atom is 0.247 e. The maximum atomic E-state index is 12.1. The fourth-order valence-corrected chi connectivity index (χ4v) is 2.52. The monoisotopic (exact) mass is 335 g/mol. The minimum absolute atomic E-state index is 0.0318. The Morgan fingerprint density at radius 1 is 1.08 bits per heavy atom. The molecule has 3 rings (SSSR count). The largest absolute Gasteiger partial charge is 0.421 e. The van der Waals surface area contributed by atoms with Gasteiger partial charge in [-0.05, 0) is 31.5 Å². The van der Waals surface area contributed by atoms with Gasteiger partial charge in [0.25, 0.3) is 0 Å². The molecule has 0 saturated heterocycles. The van der Waals surface area contributed by atoms with Crippen LogP contribution in [0.15, 0.2) is 59.0 Å². The summed E-state index contributed by atoms with van der Waals surface area (Å²) < 4.78 is 5.62. The molecule has 5 heteroatoms. The molecule has 1 heterocycles. The second-order valence-corrected chi connectivity index (χ2v) is 6.07. The molecule has 128 valence electrons. The highest BCUT2D eigenvalue weighted by Crippen LogP contribution is 2.18. The topological polar surface area (TPSA) is 68.0 Å². The van der Waals surface area contributed by atoms with Gasteiger partial charge in [0.05, 0.1) is 6.04 Å². The van der Waals surface area contributed by atoms with E-state index in [1.54, 1.807) is 0 Å². The summed E-state index contributed by atoms with van der Waals surface area (Å²) >= 11 is 0. The van der Waals surface area contributed by atoms with Gasteiger partial charge in [0, 0.05) is 18.4 Å². The Labute approximate surface area is 147 Å². The van der Waals surface area contributed by atoms with Crippen LogP contribution in [0.1, 0.15) is 36.4 Å². The van der Waals surface area contributed by atoms with E-state index in [0.717, 1.165) is 11.1 Å². The molecule has 0 fully saturated rings. The maximum absolute atomic E-state index is 12.1. The average Bonchev–Trinajstić information content (AvgIpc) is 3.10. The second kappa shape index (κ2) is 7.75. The number of benzene rings is 2. The van der Waals surface area contributed by atoms with Crippen LogP contribution in [0.3, 0.4) is 0 Å². The first-order valence-corrected chi connectivity index (χ1v) is 8.35. The zero-order chi connectivity index (χ0) is 17.6. The highest BCUT2D eigenvalue weighted by Gasteiger charge is 2.12. The lowest BCUT2D eigenvalue weighted by atomic mass is 10.1. The van der Waals surface area contributed by atoms with Gasteiger partial charge in [0.1, 0.15) is 0 Å². The summed E-state index contributed by atoms with van der Waals surface area (Å²) in [5, 5.41) is 11.0. The van der Waals surface area contributed by atoms with Crippen LogP contribution in [0.5, 0.6) is 0 Å². The number of nitrogens with zero attached hydrogens (tertiary/aromatic N) is 2. The molecule has 1 unspecified atom stereocenters. The van der Waals surface area contributed by atoms with Crippen LogP contribution >= 0.6 is 0 Å². The molecular weight excluding hydrogens is 314 g/mol. The third-order valence-electron chi connectivity index (χ3n) is 4.01. The van der Waals surface area contributed by atoms with Crippen molar-refractivity contribution in [2.45, 2.75) is 32.7 Å². The van der Waals surface area contributed by atoms with Gasteiger partial charge in [0.2, 0.25) is 17.7 Å². The lowest BCUT2D eigenvalue weighted by Gasteiger charge is -2.14. The fraction of sp³-hybridized carbons (Fsp3) is 0.250. The van der Waals surface area contributed by atoms with Crippen LogP contribution in [-0.2, 0) is 11.2 Å². The summed E-state index contributed by atoms with van der Waals surface area (Å²) in [7, 11) is 0. The molecule has 25 heavy (non-hydrogen) atoms. The first-order valence-electron chi connectivity index (χ1n) is 8.35. The lowest BCUT2D eigenvalue weighted by Crippen LogP contribution is -2.26. The quantitative estimate of drug-likeness (QED) is 0.743. The number of rotatable bonds is 6. The lowest BCUT2D eigenvalue weighted by molar-refractivity contribution is -0.121. The third-order valence-corrected chi connectivity index (χ3v) is 4.01. The highest BCUT2D eigenvalue weighted by atomic mass is 16.4. The van der Waals surface area contributed by atoms with E-state index in [9.17, 15) is 4.79 Å². The summed E-state index contributed by atoms with van der Waals surface area (Å²) in [6, 6.07) is 17.7. The van der Waals surface area contributed by atoms with E-state index in [2.05, 4.69) is 15.5 Å². The molecule has 1 amide bonds. The van der Waals surface area contributed by atoms with Crippen LogP contribution in [-0.4, -0.2) is 16.1 Å². The first-order chi connectivity index (χ1) is 12.1. The van der Waals surface area contributed by atoms with E-state index < -0.39 is 0 Å². The van der Waals surface area contributed by atoms with Crippen molar-refractivity contribution in [1.29, 1.82) is 0 Å². The van der Waals surface area contributed by atoms with Crippen molar-refractivity contribution in [3.05, 3.63) is 71.6 Å². The van der Waals surface area contributed by atoms with Crippen LogP contribution in [0, 0.1) is 6.92 Å². The molecule has 2 aromatic carbocycles. The molecule has 5 nitrogen and oxygen atoms in total. The zero-order valence-corrected chi connectivity index (χ0v) is 14.4. The zero-order valence-electron chi connectivity index (χ0n) is 14.4. The number of aromatic nitrogens is 2. The van der Waals surface area contributed by atoms with Gasteiger partial charge in [-0.15, -0.1) is 10.2 Å². The molecule has 0 aliphatic carbocycles. The normalized spacial score (nSPS) is 11.9. The molecule has 0 spiro atoms. The molecule has 0 aliphatic heterocycles. The Hall–Kier alpha value is -2.95. The number of carbonyl (C=O) groups is 1. The summed E-state index contributed by atoms with van der Waals surface area (Å²) in [6.45, 7) is 4.02. The van der Waals surface area contributed by atoms with Gasteiger partial charge in [0.15, 0.2) is 0 Å². The van der Waals surface area contributed by atoms with Crippen molar-refractivity contribution >= 4 is 5.91 Å². The Bertz CT molecular complexity index is 826. The van der Waals surface area contributed by atoms with Crippen LogP contribution in [0.25, 0.3) is 11.5 Å². The Kier molecular flexibility index (Phi) is 5.23. The van der Waals surface area contributed by atoms with Gasteiger partial charge in [-0.25, -0.2) is 0 Å². The van der Waals surface area contributed by atoms with Gasteiger partial charge in [-0.2, -0.15) is 0 Å². The number of carbonyl (C=O) groups excluding carboxylic acids is 1. The molecule has 1 N–H and O–H groups in total. The van der Waals surface area contributed by atoms with E-state index in [-0.39, 0.29) is 11.9 Å². The summed E-state index contributed by atoms with van der Waals surface area (Å²) in [6.07, 6.45) is 0.735. The van der Waals surface area contributed by atoms with Gasteiger partial charge >= 0.3 is 0 Å². The number of aryl methyl sites for hydroxylation is 2. The molecule has 0 radical (unpaired) electrons. The van der Waals surface area contributed by atoms with Crippen molar-refractivity contribution in [3.63, 3.8) is 0 Å². The van der Waals surface area contributed by atoms with Crippen LogP contribution < -0.4 is 5.32 Å². The molecule has 0 aliphatic rings. The van der Waals surface area contributed by atoms with Gasteiger partial charge in [-0.1, -0.05) is 48.0 Å². The third kappa shape index (κ3) is 4.53. The predicted molar refractivity (Wildman–Crippen MR) is 95.8 cm³/mol. The smallest absolute Gasteiger partial charge is 0.247 e. The number of amides is 1. The highest BCUT2D eigenvalue weighted by molar-refractivity contribution is 5.76. The summed E-state index contributed by atoms with van der Waals surface area (Å²) in [4.78, 5) is 12.1. The molecular formula is C20H21N3O2. The minimum atomic E-state index is -0.0347. The Morgan fingerprint density at radius 2 is 1.80 bits per heavy atom. The van der Waals surface area contributed by atoms with Crippen molar-refractivity contribution in [2.24, 2.45) is 0 Å². The van der Waals surface area contributed by atoms with Gasteiger partial charge < -0.3 is 9.73 Å². The van der Waals surface area contributed by atoms with E-state index in [0.29, 0.717) is 24.6 Å². The van der Waals surface area contributed by atoms with E-state index in [4.69, 9.17) is 4.42 Å². The number of hydrogen-bond acceptors (Lipinski definition) is 4. The van der Waals surface area contributed by atoms with Gasteiger partial charge in [-0.3, -0.25) is 4.79 Å². The first kappa shape index (κ1) is 16.9. The summed E-state index contributed by atoms with van der Waals surface area (Å²) in [5.41, 5.74) is 3.16. The standard InChI is InChI=1S/C20H21N3O2/c1-14-8-10-16(11-9-14)15(2)21-18(24)12-13-19-22-23-20(25-19)17-6-4-3-5-7-17/h3-11,15H,12-13H2,1-2H3,(H,21,24). The van der Waals surface area contributed by atoms with E-state index in [1.165, 1.54) is 5.56 Å². The molecule has 1 aromatic heterocycles. The average molecular weight is 335 g/mol. The second-order valence-electron chi connectivity index (χ2n) is 6.07. The van der Waals surface area contributed by atoms with Crippen LogP contribution in [0.4, 0.5) is 0 Å². The van der Waals surface area contributed by atoms with Crippen molar-refractivity contribution < 1.29 is 9.21 Å². The predicted octanol–water partition coefficient (Wildman–Crippen LogP) is 3.86. The number of nitrogens with one attached hydrogen (secondary N) is 1. The van der Waals surface area contributed by atoms with E-state index >= 15 is 0 Å². The molecule has 0 saturated carbocycles. The molecule has 1 atom stereocenters. The SMILES string of the molecule is Cc1ccc(C(C)NC(=O)CCc2nnc(-c3ccccc3)o2)cc1. The fourth-order valence-electron chi connectivity index (χ4n) is 2.52. The van der Waals surface area contributed by atoms with Crippen molar-refractivity contribution in [1.82, 2.24) is 15.5 Å². The molecule has 3 aromatic rings. The minimum Gasteiger partial charge on any atom is -0.421 e.